The van der Waals surface area contributed by atoms with Crippen molar-refractivity contribution in [1.29, 1.82) is 0 Å². The molecule has 0 aliphatic carbocycles. The molecule has 1 radical (unpaired) electrons. The molecule has 75 valence electrons. The van der Waals surface area contributed by atoms with Crippen LogP contribution in [0.5, 0.6) is 0 Å². The van der Waals surface area contributed by atoms with E-state index in [1.807, 2.05) is 0 Å². The molecule has 0 saturated carbocycles. The van der Waals surface area contributed by atoms with Crippen molar-refractivity contribution in [3.8, 4) is 0 Å². The number of hydrogen-bond acceptors (Lipinski definition) is 2. The summed E-state index contributed by atoms with van der Waals surface area (Å²) in [4.78, 5) is 0. The molecular weight excluding hydrogens is 531 g/mol. The Hall–Kier alpha value is 3.10. The van der Waals surface area contributed by atoms with Gasteiger partial charge in [0.1, 0.15) is 0 Å². The molecule has 0 aromatic carbocycles. The first kappa shape index (κ1) is 144. The monoisotopic (exact) mass is 549 g/mol. The molecule has 0 unspecified atom stereocenters. The Bertz CT molecular complexity index is 14.5. The summed E-state index contributed by atoms with van der Waals surface area (Å²) >= 11 is 0. The van der Waals surface area contributed by atoms with Crippen LogP contribution in [-0.2, 0) is 103 Å². The van der Waals surface area contributed by atoms with Crippen molar-refractivity contribution in [2.75, 3.05) is 0 Å². The minimum absolute atomic E-state index is 0. The minimum Gasteiger partial charge on any atom is -0.412 e. The number of hydrogen-bond donors (Lipinski definition) is 2. The van der Waals surface area contributed by atoms with Crippen LogP contribution in [0.25, 0.3) is 0 Å². The van der Waals surface area contributed by atoms with Gasteiger partial charge in [-0.15, -0.1) is 0 Å². The van der Waals surface area contributed by atoms with Gasteiger partial charge in [-0.1, -0.05) is 0 Å². The van der Waals surface area contributed by atoms with Crippen molar-refractivity contribution in [3.63, 3.8) is 0 Å². The maximum absolute atomic E-state index is 6.00. The van der Waals surface area contributed by atoms with Crippen LogP contribution in [0.15, 0.2) is 0 Å². The molecule has 0 rings (SSSR count). The average molecular weight is 541 g/mol. The molecule has 0 atom stereocenters. The van der Waals surface area contributed by atoms with Gasteiger partial charge in [0.25, 0.3) is 0 Å². The van der Waals surface area contributed by atoms with Crippen LogP contribution in [0.3, 0.4) is 0 Å². The Labute approximate surface area is 133 Å². The Morgan fingerprint density at radius 2 is 0.455 bits per heavy atom. The van der Waals surface area contributed by atoms with Gasteiger partial charge in [0, 0.05) is 103 Å². The van der Waals surface area contributed by atoms with Crippen LogP contribution in [0.1, 0.15) is 0 Å². The second-order valence-electron chi connectivity index (χ2n) is 0. The molecule has 11 heteroatoms. The van der Waals surface area contributed by atoms with Crippen LogP contribution in [-0.4, -0.2) is 32.4 Å². The van der Waals surface area contributed by atoms with Crippen molar-refractivity contribution >= 4 is 0 Å². The standard InChI is InChI=1S/4Mo.H2O2.4H2O.V/c;;;;1-2;;;;;/h;;;;1-2H;4*1H2;. The Morgan fingerprint density at radius 1 is 0.455 bits per heavy atom. The maximum Gasteiger partial charge on any atom is 0 e. The first-order chi connectivity index (χ1) is 1.00. The molecule has 0 spiro atoms. The first-order valence-corrected chi connectivity index (χ1v) is 0.200. The minimum atomic E-state index is 0. The van der Waals surface area contributed by atoms with Gasteiger partial charge in [-0.05, 0) is 0 Å². The summed E-state index contributed by atoms with van der Waals surface area (Å²) in [6, 6.07) is 0. The molecule has 0 bridgehead atoms. The molecule has 10 N–H and O–H groups in total. The van der Waals surface area contributed by atoms with Gasteiger partial charge in [0.2, 0.25) is 0 Å². The van der Waals surface area contributed by atoms with E-state index in [-0.39, 0.29) is 125 Å². The van der Waals surface area contributed by atoms with E-state index in [0.717, 1.165) is 0 Å². The van der Waals surface area contributed by atoms with Crippen molar-refractivity contribution < 1.29 is 135 Å². The third-order valence-corrected chi connectivity index (χ3v) is 0. The summed E-state index contributed by atoms with van der Waals surface area (Å²) in [5.41, 5.74) is 0. The van der Waals surface area contributed by atoms with Gasteiger partial charge in [-0.2, -0.15) is 0 Å². The molecule has 0 fully saturated rings. The molecule has 6 nitrogen and oxygen atoms in total. The molecule has 0 aromatic heterocycles. The zero-order chi connectivity index (χ0) is 2.00. The quantitative estimate of drug-likeness (QED) is 0.187. The van der Waals surface area contributed by atoms with Gasteiger partial charge >= 0.3 is 0 Å². The SMILES string of the molecule is O.O.O.O.OO.[Mo].[Mo].[Mo].[Mo].[V]. The molecule has 0 aliphatic heterocycles. The third-order valence-electron chi connectivity index (χ3n) is 0. The van der Waals surface area contributed by atoms with Crippen LogP contribution < -0.4 is 0 Å². The summed E-state index contributed by atoms with van der Waals surface area (Å²) < 4.78 is 0. The fraction of sp³-hybridized carbons (Fsp3) is 0. The summed E-state index contributed by atoms with van der Waals surface area (Å²) in [7, 11) is 0. The predicted molar refractivity (Wildman–Crippen MR) is 19.7 cm³/mol. The van der Waals surface area contributed by atoms with E-state index in [1.165, 1.54) is 0 Å². The van der Waals surface area contributed by atoms with Crippen LogP contribution >= 0.6 is 0 Å². The van der Waals surface area contributed by atoms with E-state index in [1.54, 1.807) is 0 Å². The fourth-order valence-corrected chi connectivity index (χ4v) is 0. The summed E-state index contributed by atoms with van der Waals surface area (Å²) in [6.07, 6.45) is 0. The van der Waals surface area contributed by atoms with E-state index in [9.17, 15) is 0 Å². The van der Waals surface area contributed by atoms with Crippen molar-refractivity contribution in [1.82, 2.24) is 0 Å². The molecule has 0 heterocycles. The third kappa shape index (κ3) is 168. The van der Waals surface area contributed by atoms with Crippen molar-refractivity contribution in [2.24, 2.45) is 0 Å². The fourth-order valence-electron chi connectivity index (χ4n) is 0. The van der Waals surface area contributed by atoms with Gasteiger partial charge in [0.15, 0.2) is 0 Å². The molecule has 0 aliphatic rings. The zero-order valence-electron chi connectivity index (χ0n) is 4.97. The second kappa shape index (κ2) is 200. The van der Waals surface area contributed by atoms with E-state index < -0.39 is 0 Å². The van der Waals surface area contributed by atoms with Crippen LogP contribution in [0, 0.1) is 0 Å². The predicted octanol–water partition coefficient (Wildman–Crippen LogP) is -3.29. The van der Waals surface area contributed by atoms with Crippen molar-refractivity contribution in [2.45, 2.75) is 0 Å². The van der Waals surface area contributed by atoms with Crippen LogP contribution in [0.4, 0.5) is 0 Å². The first-order valence-electron chi connectivity index (χ1n) is 0.200. The van der Waals surface area contributed by atoms with E-state index >= 15 is 0 Å². The van der Waals surface area contributed by atoms with E-state index in [2.05, 4.69) is 0 Å². The Morgan fingerprint density at radius 3 is 0.455 bits per heavy atom. The normalized spacial score (nSPS) is 0.545. The molecule has 0 saturated heterocycles. The van der Waals surface area contributed by atoms with Crippen molar-refractivity contribution in [3.05, 3.63) is 0 Å². The van der Waals surface area contributed by atoms with Gasteiger partial charge in [-0.25, -0.2) is 0 Å². The Kier molecular flexibility index (Phi) is 2620. The summed E-state index contributed by atoms with van der Waals surface area (Å²) in [5, 5.41) is 12.0. The average Bonchev–Trinajstić information content (AvgIpc) is 1.00. The zero-order valence-corrected chi connectivity index (χ0v) is 14.4. The maximum atomic E-state index is 6.00. The van der Waals surface area contributed by atoms with Crippen LogP contribution in [0.2, 0.25) is 0 Å². The largest absolute Gasteiger partial charge is 0.412 e. The summed E-state index contributed by atoms with van der Waals surface area (Å²) in [6.45, 7) is 0. The van der Waals surface area contributed by atoms with E-state index in [0.29, 0.717) is 0 Å². The Balaban J connectivity index is -0.000000000139. The van der Waals surface area contributed by atoms with Gasteiger partial charge < -0.3 is 21.9 Å². The molecule has 11 heavy (non-hydrogen) atoms. The topological polar surface area (TPSA) is 166 Å². The summed E-state index contributed by atoms with van der Waals surface area (Å²) in [5.74, 6) is 0. The smallest absolute Gasteiger partial charge is 0 e. The second-order valence-corrected chi connectivity index (χ2v) is 0. The van der Waals surface area contributed by atoms with Gasteiger partial charge in [-0.3, -0.25) is 10.5 Å². The number of rotatable bonds is 0. The van der Waals surface area contributed by atoms with Gasteiger partial charge in [0.05, 0.1) is 0 Å². The molecule has 0 amide bonds. The molecular formula is H10Mo4O6V. The van der Waals surface area contributed by atoms with E-state index in [4.69, 9.17) is 10.5 Å². The molecule has 0 aromatic rings.